The van der Waals surface area contributed by atoms with Crippen LogP contribution in [0.1, 0.15) is 20.8 Å². The molecule has 3 N–H and O–H groups in total. The van der Waals surface area contributed by atoms with Gasteiger partial charge in [-0.15, -0.1) is 0 Å². The third-order valence-corrected chi connectivity index (χ3v) is 1.74. The van der Waals surface area contributed by atoms with E-state index in [0.29, 0.717) is 0 Å². The Kier molecular flexibility index (Phi) is 4.85. The fraction of sp³-hybridized carbons (Fsp3) is 0.875. The maximum atomic E-state index is 11.0. The Morgan fingerprint density at radius 3 is 2.33 bits per heavy atom. The number of esters is 1. The van der Waals surface area contributed by atoms with Gasteiger partial charge in [0.2, 0.25) is 0 Å². The summed E-state index contributed by atoms with van der Waals surface area (Å²) in [5, 5.41) is 8.53. The van der Waals surface area contributed by atoms with E-state index in [-0.39, 0.29) is 18.6 Å². The average Bonchev–Trinajstić information content (AvgIpc) is 2.02. The number of nitrogens with two attached hydrogens (primary N) is 1. The first-order valence-corrected chi connectivity index (χ1v) is 4.06. The molecule has 0 fully saturated rings. The van der Waals surface area contributed by atoms with Crippen molar-refractivity contribution in [1.82, 2.24) is 0 Å². The molecule has 4 heteroatoms. The maximum absolute atomic E-state index is 11.0. The van der Waals surface area contributed by atoms with Crippen molar-refractivity contribution in [3.63, 3.8) is 0 Å². The molecule has 0 aromatic rings. The second-order valence-corrected chi connectivity index (χ2v) is 3.18. The van der Waals surface area contributed by atoms with Gasteiger partial charge in [-0.1, -0.05) is 13.8 Å². The maximum Gasteiger partial charge on any atom is 0.325 e. The van der Waals surface area contributed by atoms with Gasteiger partial charge >= 0.3 is 5.97 Å². The van der Waals surface area contributed by atoms with Gasteiger partial charge in [0, 0.05) is 0 Å². The van der Waals surface area contributed by atoms with Crippen molar-refractivity contribution >= 4 is 5.97 Å². The third-order valence-electron chi connectivity index (χ3n) is 1.74. The second-order valence-electron chi connectivity index (χ2n) is 3.18. The van der Waals surface area contributed by atoms with Crippen LogP contribution in [0.15, 0.2) is 0 Å². The molecule has 0 spiro atoms. The van der Waals surface area contributed by atoms with Gasteiger partial charge in [-0.3, -0.25) is 4.79 Å². The Balaban J connectivity index is 3.84. The van der Waals surface area contributed by atoms with Crippen molar-refractivity contribution in [2.24, 2.45) is 11.7 Å². The van der Waals surface area contributed by atoms with E-state index < -0.39 is 12.0 Å². The SMILES string of the molecule is CC(C)[C@@H](C)OC(=O)[C@H](N)CO. The number of hydrogen-bond donors (Lipinski definition) is 2. The Morgan fingerprint density at radius 2 is 2.00 bits per heavy atom. The Morgan fingerprint density at radius 1 is 1.50 bits per heavy atom. The topological polar surface area (TPSA) is 72.5 Å². The second kappa shape index (κ2) is 5.11. The zero-order valence-electron chi connectivity index (χ0n) is 7.78. The molecule has 0 heterocycles. The van der Waals surface area contributed by atoms with E-state index >= 15 is 0 Å². The van der Waals surface area contributed by atoms with Crippen molar-refractivity contribution in [2.45, 2.75) is 32.9 Å². The van der Waals surface area contributed by atoms with Crippen LogP contribution < -0.4 is 5.73 Å². The van der Waals surface area contributed by atoms with Gasteiger partial charge in [-0.2, -0.15) is 0 Å². The van der Waals surface area contributed by atoms with Crippen LogP contribution in [0.5, 0.6) is 0 Å². The van der Waals surface area contributed by atoms with Crippen LogP contribution in [0.25, 0.3) is 0 Å². The van der Waals surface area contributed by atoms with E-state index in [0.717, 1.165) is 0 Å². The molecule has 0 aliphatic rings. The normalized spacial score (nSPS) is 15.8. The summed E-state index contributed by atoms with van der Waals surface area (Å²) in [5.41, 5.74) is 5.24. The quantitative estimate of drug-likeness (QED) is 0.585. The fourth-order valence-corrected chi connectivity index (χ4v) is 0.481. The van der Waals surface area contributed by atoms with E-state index in [1.807, 2.05) is 13.8 Å². The summed E-state index contributed by atoms with van der Waals surface area (Å²) in [6, 6.07) is -0.911. The molecule has 0 unspecified atom stereocenters. The lowest BCUT2D eigenvalue weighted by Gasteiger charge is -2.18. The fourth-order valence-electron chi connectivity index (χ4n) is 0.481. The molecule has 2 atom stereocenters. The summed E-state index contributed by atoms with van der Waals surface area (Å²) >= 11 is 0. The standard InChI is InChI=1S/C8H17NO3/c1-5(2)6(3)12-8(11)7(9)4-10/h5-7,10H,4,9H2,1-3H3/t6-,7-/m1/s1. The first kappa shape index (κ1) is 11.4. The van der Waals surface area contributed by atoms with Crippen LogP contribution >= 0.6 is 0 Å². The van der Waals surface area contributed by atoms with Crippen molar-refractivity contribution in [3.05, 3.63) is 0 Å². The lowest BCUT2D eigenvalue weighted by Crippen LogP contribution is -2.38. The highest BCUT2D eigenvalue weighted by atomic mass is 16.5. The van der Waals surface area contributed by atoms with Crippen LogP contribution in [0, 0.1) is 5.92 Å². The smallest absolute Gasteiger partial charge is 0.325 e. The molecule has 0 rings (SSSR count). The van der Waals surface area contributed by atoms with Gasteiger partial charge in [0.1, 0.15) is 12.1 Å². The van der Waals surface area contributed by atoms with Crippen molar-refractivity contribution < 1.29 is 14.6 Å². The molecule has 0 aromatic carbocycles. The zero-order chi connectivity index (χ0) is 9.72. The molecule has 0 saturated carbocycles. The van der Waals surface area contributed by atoms with Gasteiger partial charge in [-0.25, -0.2) is 0 Å². The van der Waals surface area contributed by atoms with E-state index in [4.69, 9.17) is 15.6 Å². The van der Waals surface area contributed by atoms with E-state index in [9.17, 15) is 4.79 Å². The number of rotatable bonds is 4. The van der Waals surface area contributed by atoms with Gasteiger partial charge in [-0.05, 0) is 12.8 Å². The summed E-state index contributed by atoms with van der Waals surface area (Å²) in [4.78, 5) is 11.0. The highest BCUT2D eigenvalue weighted by Gasteiger charge is 2.18. The highest BCUT2D eigenvalue weighted by Crippen LogP contribution is 2.05. The van der Waals surface area contributed by atoms with Crippen molar-refractivity contribution in [3.8, 4) is 0 Å². The lowest BCUT2D eigenvalue weighted by molar-refractivity contribution is -0.152. The number of carbonyl (C=O) groups is 1. The summed E-state index contributed by atoms with van der Waals surface area (Å²) < 4.78 is 4.94. The van der Waals surface area contributed by atoms with Gasteiger partial charge in [0.05, 0.1) is 6.61 Å². The predicted octanol–water partition coefficient (Wildman–Crippen LogP) is -0.106. The van der Waals surface area contributed by atoms with E-state index in [2.05, 4.69) is 0 Å². The lowest BCUT2D eigenvalue weighted by atomic mass is 10.1. The molecule has 0 saturated heterocycles. The summed E-state index contributed by atoms with van der Waals surface area (Å²) in [5.74, 6) is -0.279. The van der Waals surface area contributed by atoms with Crippen LogP contribution in [0.4, 0.5) is 0 Å². The Hall–Kier alpha value is -0.610. The van der Waals surface area contributed by atoms with E-state index in [1.165, 1.54) is 0 Å². The van der Waals surface area contributed by atoms with Crippen LogP contribution in [0.2, 0.25) is 0 Å². The molecule has 0 aliphatic heterocycles. The summed E-state index contributed by atoms with van der Waals surface area (Å²) in [6.45, 7) is 5.32. The molecule has 12 heavy (non-hydrogen) atoms. The molecule has 0 aromatic heterocycles. The largest absolute Gasteiger partial charge is 0.461 e. The Labute approximate surface area is 72.7 Å². The van der Waals surface area contributed by atoms with Crippen molar-refractivity contribution in [2.75, 3.05) is 6.61 Å². The molecule has 0 bridgehead atoms. The molecule has 0 radical (unpaired) electrons. The number of carbonyl (C=O) groups excluding carboxylic acids is 1. The number of aliphatic hydroxyl groups excluding tert-OH is 1. The van der Waals surface area contributed by atoms with Crippen LogP contribution in [0.3, 0.4) is 0 Å². The monoisotopic (exact) mass is 175 g/mol. The summed E-state index contributed by atoms with van der Waals surface area (Å²) in [7, 11) is 0. The van der Waals surface area contributed by atoms with Gasteiger partial charge in [0.15, 0.2) is 0 Å². The first-order chi connectivity index (χ1) is 5.49. The van der Waals surface area contributed by atoms with Crippen LogP contribution in [-0.2, 0) is 9.53 Å². The minimum absolute atomic E-state index is 0.157. The van der Waals surface area contributed by atoms with Crippen LogP contribution in [-0.4, -0.2) is 29.8 Å². The van der Waals surface area contributed by atoms with Crippen molar-refractivity contribution in [1.29, 1.82) is 0 Å². The molecule has 72 valence electrons. The summed E-state index contributed by atoms with van der Waals surface area (Å²) in [6.07, 6.45) is -0.157. The zero-order valence-corrected chi connectivity index (χ0v) is 7.78. The highest BCUT2D eigenvalue weighted by molar-refractivity contribution is 5.75. The minimum Gasteiger partial charge on any atom is -0.461 e. The molecule has 0 amide bonds. The van der Waals surface area contributed by atoms with Gasteiger partial charge < -0.3 is 15.6 Å². The average molecular weight is 175 g/mol. The number of ether oxygens (including phenoxy) is 1. The third kappa shape index (κ3) is 3.69. The minimum atomic E-state index is -0.911. The molecular formula is C8H17NO3. The first-order valence-electron chi connectivity index (χ1n) is 4.06. The predicted molar refractivity (Wildman–Crippen MR) is 45.5 cm³/mol. The molecule has 4 nitrogen and oxygen atoms in total. The Bertz CT molecular complexity index is 147. The number of aliphatic hydroxyl groups is 1. The number of hydrogen-bond acceptors (Lipinski definition) is 4. The molecule has 0 aliphatic carbocycles. The molecular weight excluding hydrogens is 158 g/mol. The van der Waals surface area contributed by atoms with Gasteiger partial charge in [0.25, 0.3) is 0 Å². The van der Waals surface area contributed by atoms with E-state index in [1.54, 1.807) is 6.92 Å².